The standard InChI is InChI=1S/C16H31N3O2S/c1-3-15-10-19(7-8-22-15)16(17-4-2)18-9-14(20)12-21-11-13-5-6-13/h13-15,20H,3-12H2,1-2H3,(H,17,18). The third-order valence-corrected chi connectivity index (χ3v) is 5.41. The Kier molecular flexibility index (Phi) is 7.83. The maximum absolute atomic E-state index is 10.0. The largest absolute Gasteiger partial charge is 0.389 e. The second-order valence-corrected chi connectivity index (χ2v) is 7.58. The molecule has 0 amide bonds. The summed E-state index contributed by atoms with van der Waals surface area (Å²) in [4.78, 5) is 6.94. The van der Waals surface area contributed by atoms with Crippen LogP contribution in [-0.2, 0) is 4.74 Å². The average molecular weight is 330 g/mol. The summed E-state index contributed by atoms with van der Waals surface area (Å²) in [7, 11) is 0. The summed E-state index contributed by atoms with van der Waals surface area (Å²) in [6, 6.07) is 0. The summed E-state index contributed by atoms with van der Waals surface area (Å²) in [6.07, 6.45) is 3.25. The molecule has 22 heavy (non-hydrogen) atoms. The summed E-state index contributed by atoms with van der Waals surface area (Å²) < 4.78 is 5.53. The highest BCUT2D eigenvalue weighted by atomic mass is 32.2. The molecule has 5 nitrogen and oxygen atoms in total. The molecule has 1 heterocycles. The van der Waals surface area contributed by atoms with Gasteiger partial charge in [-0.25, -0.2) is 0 Å². The quantitative estimate of drug-likeness (QED) is 0.523. The molecule has 128 valence electrons. The normalized spacial score (nSPS) is 24.4. The van der Waals surface area contributed by atoms with Gasteiger partial charge < -0.3 is 20.1 Å². The molecule has 0 aromatic heterocycles. The zero-order valence-corrected chi connectivity index (χ0v) is 14.8. The van der Waals surface area contributed by atoms with Crippen molar-refractivity contribution in [1.82, 2.24) is 10.2 Å². The minimum atomic E-state index is -0.506. The van der Waals surface area contributed by atoms with Crippen LogP contribution in [0.25, 0.3) is 0 Å². The first-order valence-electron chi connectivity index (χ1n) is 8.63. The number of thioether (sulfide) groups is 1. The van der Waals surface area contributed by atoms with Gasteiger partial charge in [0, 0.05) is 37.2 Å². The van der Waals surface area contributed by atoms with Crippen LogP contribution in [0.1, 0.15) is 33.1 Å². The third-order valence-electron chi connectivity index (χ3n) is 4.04. The highest BCUT2D eigenvalue weighted by molar-refractivity contribution is 8.00. The van der Waals surface area contributed by atoms with Gasteiger partial charge in [-0.05, 0) is 32.1 Å². The van der Waals surface area contributed by atoms with E-state index in [2.05, 4.69) is 40.8 Å². The molecule has 2 fully saturated rings. The highest BCUT2D eigenvalue weighted by Gasteiger charge is 2.23. The Morgan fingerprint density at radius 3 is 2.95 bits per heavy atom. The molecule has 2 aliphatic rings. The first-order chi connectivity index (χ1) is 10.7. The maximum atomic E-state index is 10.0. The molecule has 6 heteroatoms. The molecule has 2 unspecified atom stereocenters. The van der Waals surface area contributed by atoms with Crippen molar-refractivity contribution in [3.8, 4) is 0 Å². The van der Waals surface area contributed by atoms with Crippen LogP contribution in [0.5, 0.6) is 0 Å². The van der Waals surface area contributed by atoms with Crippen molar-refractivity contribution in [3.63, 3.8) is 0 Å². The number of hydrogen-bond acceptors (Lipinski definition) is 4. The van der Waals surface area contributed by atoms with Gasteiger partial charge in [-0.3, -0.25) is 4.99 Å². The minimum absolute atomic E-state index is 0.396. The number of ether oxygens (including phenoxy) is 1. The van der Waals surface area contributed by atoms with Crippen LogP contribution in [-0.4, -0.2) is 72.5 Å². The lowest BCUT2D eigenvalue weighted by atomic mass is 10.3. The Hall–Kier alpha value is -0.460. The minimum Gasteiger partial charge on any atom is -0.389 e. The van der Waals surface area contributed by atoms with Crippen molar-refractivity contribution < 1.29 is 9.84 Å². The van der Waals surface area contributed by atoms with E-state index in [4.69, 9.17) is 4.74 Å². The van der Waals surface area contributed by atoms with E-state index in [1.165, 1.54) is 19.3 Å². The van der Waals surface area contributed by atoms with Gasteiger partial charge in [-0.2, -0.15) is 11.8 Å². The maximum Gasteiger partial charge on any atom is 0.194 e. The van der Waals surface area contributed by atoms with E-state index in [1.807, 2.05) is 0 Å². The van der Waals surface area contributed by atoms with Crippen molar-refractivity contribution >= 4 is 17.7 Å². The van der Waals surface area contributed by atoms with Gasteiger partial charge in [0.2, 0.25) is 0 Å². The van der Waals surface area contributed by atoms with Crippen molar-refractivity contribution in [2.75, 3.05) is 45.1 Å². The van der Waals surface area contributed by atoms with Crippen LogP contribution in [0.15, 0.2) is 4.99 Å². The molecular weight excluding hydrogens is 298 g/mol. The number of aliphatic hydroxyl groups excluding tert-OH is 1. The van der Waals surface area contributed by atoms with E-state index in [0.717, 1.165) is 43.9 Å². The number of guanidine groups is 1. The molecule has 0 aromatic rings. The second kappa shape index (κ2) is 9.63. The van der Waals surface area contributed by atoms with Gasteiger partial charge in [0.25, 0.3) is 0 Å². The molecule has 0 bridgehead atoms. The molecule has 1 aliphatic heterocycles. The van der Waals surface area contributed by atoms with Crippen molar-refractivity contribution in [1.29, 1.82) is 0 Å². The lowest BCUT2D eigenvalue weighted by Crippen LogP contribution is -2.48. The SMILES string of the molecule is CCNC(=NCC(O)COCC1CC1)N1CCSC(CC)C1. The fourth-order valence-electron chi connectivity index (χ4n) is 2.48. The average Bonchev–Trinajstić information content (AvgIpc) is 3.35. The van der Waals surface area contributed by atoms with E-state index in [9.17, 15) is 5.11 Å². The van der Waals surface area contributed by atoms with Crippen LogP contribution in [0.2, 0.25) is 0 Å². The Bertz CT molecular complexity index is 350. The van der Waals surface area contributed by atoms with E-state index in [0.29, 0.717) is 18.4 Å². The van der Waals surface area contributed by atoms with Gasteiger partial charge >= 0.3 is 0 Å². The van der Waals surface area contributed by atoms with Gasteiger partial charge in [-0.1, -0.05) is 6.92 Å². The number of aliphatic imine (C=N–C) groups is 1. The van der Waals surface area contributed by atoms with Gasteiger partial charge in [0.15, 0.2) is 5.96 Å². The van der Waals surface area contributed by atoms with Gasteiger partial charge in [0.05, 0.1) is 19.3 Å². The molecule has 0 aromatic carbocycles. The predicted molar refractivity (Wildman–Crippen MR) is 93.6 cm³/mol. The topological polar surface area (TPSA) is 57.1 Å². The Labute approximate surface area is 138 Å². The van der Waals surface area contributed by atoms with Crippen LogP contribution in [0.4, 0.5) is 0 Å². The molecule has 2 atom stereocenters. The summed E-state index contributed by atoms with van der Waals surface area (Å²) in [6.45, 7) is 8.85. The molecule has 1 aliphatic carbocycles. The predicted octanol–water partition coefficient (Wildman–Crippen LogP) is 1.57. The molecule has 1 saturated carbocycles. The number of aliphatic hydroxyl groups is 1. The second-order valence-electron chi connectivity index (χ2n) is 6.18. The smallest absolute Gasteiger partial charge is 0.194 e. The molecular formula is C16H31N3O2S. The van der Waals surface area contributed by atoms with Crippen LogP contribution in [0.3, 0.4) is 0 Å². The Balaban J connectivity index is 1.77. The first-order valence-corrected chi connectivity index (χ1v) is 9.68. The molecule has 0 radical (unpaired) electrons. The van der Waals surface area contributed by atoms with E-state index >= 15 is 0 Å². The molecule has 1 saturated heterocycles. The fourth-order valence-corrected chi connectivity index (χ4v) is 3.66. The van der Waals surface area contributed by atoms with Crippen LogP contribution in [0, 0.1) is 5.92 Å². The fraction of sp³-hybridized carbons (Fsp3) is 0.938. The number of nitrogens with one attached hydrogen (secondary N) is 1. The molecule has 0 spiro atoms. The van der Waals surface area contributed by atoms with E-state index < -0.39 is 6.10 Å². The lowest BCUT2D eigenvalue weighted by molar-refractivity contribution is 0.0367. The van der Waals surface area contributed by atoms with Crippen molar-refractivity contribution in [2.24, 2.45) is 10.9 Å². The number of hydrogen-bond donors (Lipinski definition) is 2. The number of nitrogens with zero attached hydrogens (tertiary/aromatic N) is 2. The zero-order chi connectivity index (χ0) is 15.8. The zero-order valence-electron chi connectivity index (χ0n) is 14.0. The summed E-state index contributed by atoms with van der Waals surface area (Å²) in [5.74, 6) is 2.82. The van der Waals surface area contributed by atoms with Crippen LogP contribution >= 0.6 is 11.8 Å². The summed E-state index contributed by atoms with van der Waals surface area (Å²) in [5, 5.41) is 14.0. The van der Waals surface area contributed by atoms with E-state index in [-0.39, 0.29) is 0 Å². The lowest BCUT2D eigenvalue weighted by Gasteiger charge is -2.34. The monoisotopic (exact) mass is 329 g/mol. The number of rotatable bonds is 8. The highest BCUT2D eigenvalue weighted by Crippen LogP contribution is 2.28. The van der Waals surface area contributed by atoms with Crippen molar-refractivity contribution in [3.05, 3.63) is 0 Å². The molecule has 2 rings (SSSR count). The first kappa shape index (κ1) is 17.9. The van der Waals surface area contributed by atoms with E-state index in [1.54, 1.807) is 0 Å². The molecule has 2 N–H and O–H groups in total. The Morgan fingerprint density at radius 2 is 2.27 bits per heavy atom. The summed E-state index contributed by atoms with van der Waals surface area (Å²) >= 11 is 2.05. The van der Waals surface area contributed by atoms with Crippen molar-refractivity contribution in [2.45, 2.75) is 44.5 Å². The van der Waals surface area contributed by atoms with Gasteiger partial charge in [-0.15, -0.1) is 0 Å². The van der Waals surface area contributed by atoms with Crippen LogP contribution < -0.4 is 5.32 Å². The Morgan fingerprint density at radius 1 is 1.45 bits per heavy atom. The third kappa shape index (κ3) is 6.34. The summed E-state index contributed by atoms with van der Waals surface area (Å²) in [5.41, 5.74) is 0. The van der Waals surface area contributed by atoms with Gasteiger partial charge in [0.1, 0.15) is 0 Å².